The fourth-order valence-corrected chi connectivity index (χ4v) is 2.13. The zero-order chi connectivity index (χ0) is 17.8. The summed E-state index contributed by atoms with van der Waals surface area (Å²) < 4.78 is 5.09. The van der Waals surface area contributed by atoms with Gasteiger partial charge in [-0.15, -0.1) is 0 Å². The van der Waals surface area contributed by atoms with E-state index in [1.165, 1.54) is 0 Å². The van der Waals surface area contributed by atoms with Crippen LogP contribution in [0.2, 0.25) is 0 Å². The van der Waals surface area contributed by atoms with Crippen LogP contribution in [0.3, 0.4) is 0 Å². The van der Waals surface area contributed by atoms with Crippen molar-refractivity contribution in [2.45, 2.75) is 50.6 Å². The molecule has 0 saturated carbocycles. The normalized spacial score (nSPS) is 20.4. The van der Waals surface area contributed by atoms with Crippen molar-refractivity contribution in [1.29, 1.82) is 0 Å². The minimum absolute atomic E-state index is 0.308. The van der Waals surface area contributed by atoms with Crippen LogP contribution in [0.4, 0.5) is 4.79 Å². The van der Waals surface area contributed by atoms with Crippen molar-refractivity contribution in [3.63, 3.8) is 0 Å². The summed E-state index contributed by atoms with van der Waals surface area (Å²) in [6.07, 6.45) is 9.96. The SMILES string of the molecule is CC1(CCCOC(=O)NCCCC[C@H](N)C(=O)O)C=CC=CN=N1. The maximum atomic E-state index is 11.5. The molecule has 0 aromatic carbocycles. The van der Waals surface area contributed by atoms with E-state index in [4.69, 9.17) is 15.6 Å². The number of nitrogens with zero attached hydrogens (tertiary/aromatic N) is 2. The molecule has 2 atom stereocenters. The van der Waals surface area contributed by atoms with Gasteiger partial charge in [0.15, 0.2) is 0 Å². The molecular weight excluding hydrogens is 312 g/mol. The summed E-state index contributed by atoms with van der Waals surface area (Å²) in [5.74, 6) is -1.00. The number of azo groups is 1. The number of hydrogen-bond donors (Lipinski definition) is 3. The highest BCUT2D eigenvalue weighted by Gasteiger charge is 2.20. The fourth-order valence-electron chi connectivity index (χ4n) is 2.13. The molecule has 1 unspecified atom stereocenters. The number of unbranched alkanes of at least 4 members (excludes halogenated alkanes) is 1. The number of carbonyl (C=O) groups excluding carboxylic acids is 1. The van der Waals surface area contributed by atoms with Crippen LogP contribution in [0.1, 0.15) is 39.0 Å². The summed E-state index contributed by atoms with van der Waals surface area (Å²) in [7, 11) is 0. The van der Waals surface area contributed by atoms with Crippen molar-refractivity contribution in [2.75, 3.05) is 13.2 Å². The second kappa shape index (κ2) is 10.5. The molecule has 1 amide bonds. The van der Waals surface area contributed by atoms with E-state index >= 15 is 0 Å². The molecule has 1 aliphatic rings. The maximum Gasteiger partial charge on any atom is 0.407 e. The number of aliphatic carboxylic acids is 1. The van der Waals surface area contributed by atoms with E-state index in [1.54, 1.807) is 6.20 Å². The van der Waals surface area contributed by atoms with Crippen molar-refractivity contribution in [2.24, 2.45) is 16.0 Å². The highest BCUT2D eigenvalue weighted by atomic mass is 16.5. The van der Waals surface area contributed by atoms with Gasteiger partial charge in [0.2, 0.25) is 0 Å². The van der Waals surface area contributed by atoms with Crippen molar-refractivity contribution < 1.29 is 19.4 Å². The number of carbonyl (C=O) groups is 2. The predicted octanol–water partition coefficient (Wildman–Crippen LogP) is 2.37. The Kier molecular flexibility index (Phi) is 8.70. The topological polar surface area (TPSA) is 126 Å². The van der Waals surface area contributed by atoms with Crippen LogP contribution in [0.25, 0.3) is 0 Å². The molecule has 1 rings (SSSR count). The molecule has 1 heterocycles. The lowest BCUT2D eigenvalue weighted by Gasteiger charge is -2.18. The Morgan fingerprint density at radius 1 is 1.33 bits per heavy atom. The van der Waals surface area contributed by atoms with Crippen molar-refractivity contribution in [3.8, 4) is 0 Å². The number of allylic oxidation sites excluding steroid dienone is 2. The Hall–Kier alpha value is -2.22. The number of hydrogen-bond acceptors (Lipinski definition) is 6. The van der Waals surface area contributed by atoms with E-state index in [9.17, 15) is 9.59 Å². The first kappa shape index (κ1) is 19.8. The Labute approximate surface area is 141 Å². The molecule has 0 aromatic rings. The average Bonchev–Trinajstić information content (AvgIpc) is 2.76. The van der Waals surface area contributed by atoms with Gasteiger partial charge >= 0.3 is 12.1 Å². The van der Waals surface area contributed by atoms with Gasteiger partial charge in [0.25, 0.3) is 0 Å². The summed E-state index contributed by atoms with van der Waals surface area (Å²) in [6.45, 7) is 2.72. The average molecular weight is 338 g/mol. The Morgan fingerprint density at radius 2 is 2.12 bits per heavy atom. The number of amides is 1. The maximum absolute atomic E-state index is 11.5. The summed E-state index contributed by atoms with van der Waals surface area (Å²) in [4.78, 5) is 22.1. The predicted molar refractivity (Wildman–Crippen MR) is 89.6 cm³/mol. The minimum atomic E-state index is -1.00. The van der Waals surface area contributed by atoms with Gasteiger partial charge in [0, 0.05) is 12.7 Å². The first-order valence-electron chi connectivity index (χ1n) is 8.08. The van der Waals surface area contributed by atoms with E-state index in [2.05, 4.69) is 15.5 Å². The molecule has 8 nitrogen and oxygen atoms in total. The van der Waals surface area contributed by atoms with Crippen LogP contribution >= 0.6 is 0 Å². The van der Waals surface area contributed by atoms with E-state index < -0.39 is 18.1 Å². The first-order chi connectivity index (χ1) is 11.4. The molecule has 134 valence electrons. The Balaban J connectivity index is 2.05. The summed E-state index contributed by atoms with van der Waals surface area (Å²) in [5, 5.41) is 19.4. The third kappa shape index (κ3) is 8.42. The van der Waals surface area contributed by atoms with Gasteiger partial charge in [-0.2, -0.15) is 10.2 Å². The lowest BCUT2D eigenvalue weighted by Crippen LogP contribution is -2.30. The largest absolute Gasteiger partial charge is 0.480 e. The van der Waals surface area contributed by atoms with E-state index in [-0.39, 0.29) is 5.54 Å². The molecule has 0 aromatic heterocycles. The van der Waals surface area contributed by atoms with E-state index in [0.29, 0.717) is 38.8 Å². The highest BCUT2D eigenvalue weighted by Crippen LogP contribution is 2.21. The fraction of sp³-hybridized carbons (Fsp3) is 0.625. The number of carboxylic acids is 1. The highest BCUT2D eigenvalue weighted by molar-refractivity contribution is 5.72. The van der Waals surface area contributed by atoms with E-state index in [1.807, 2.05) is 25.2 Å². The quantitative estimate of drug-likeness (QED) is 0.527. The smallest absolute Gasteiger partial charge is 0.407 e. The van der Waals surface area contributed by atoms with Crippen LogP contribution in [0.5, 0.6) is 0 Å². The first-order valence-corrected chi connectivity index (χ1v) is 8.08. The molecule has 24 heavy (non-hydrogen) atoms. The molecule has 0 radical (unpaired) electrons. The van der Waals surface area contributed by atoms with Gasteiger partial charge in [-0.25, -0.2) is 4.79 Å². The van der Waals surface area contributed by atoms with Crippen LogP contribution in [-0.4, -0.2) is 41.9 Å². The second-order valence-corrected chi connectivity index (χ2v) is 5.88. The van der Waals surface area contributed by atoms with Gasteiger partial charge in [-0.05, 0) is 45.1 Å². The van der Waals surface area contributed by atoms with Crippen molar-refractivity contribution >= 4 is 12.1 Å². The number of nitrogens with one attached hydrogen (secondary N) is 1. The molecule has 0 saturated heterocycles. The summed E-state index contributed by atoms with van der Waals surface area (Å²) in [6, 6.07) is -0.844. The van der Waals surface area contributed by atoms with Crippen LogP contribution in [0.15, 0.2) is 34.7 Å². The minimum Gasteiger partial charge on any atom is -0.480 e. The number of carboxylic acid groups (broad SMARTS) is 1. The van der Waals surface area contributed by atoms with Gasteiger partial charge in [0.05, 0.1) is 12.1 Å². The molecule has 0 aliphatic carbocycles. The van der Waals surface area contributed by atoms with Crippen LogP contribution in [-0.2, 0) is 9.53 Å². The van der Waals surface area contributed by atoms with Gasteiger partial charge < -0.3 is 20.9 Å². The van der Waals surface area contributed by atoms with Crippen LogP contribution in [0, 0.1) is 0 Å². The molecule has 0 bridgehead atoms. The number of ether oxygens (including phenoxy) is 1. The molecule has 1 aliphatic heterocycles. The number of rotatable bonds is 10. The zero-order valence-corrected chi connectivity index (χ0v) is 14.0. The Morgan fingerprint density at radius 3 is 2.88 bits per heavy atom. The summed E-state index contributed by atoms with van der Waals surface area (Å²) >= 11 is 0. The van der Waals surface area contributed by atoms with Gasteiger partial charge in [0.1, 0.15) is 6.04 Å². The van der Waals surface area contributed by atoms with Crippen molar-refractivity contribution in [3.05, 3.63) is 24.4 Å². The third-order valence-electron chi connectivity index (χ3n) is 3.59. The third-order valence-corrected chi connectivity index (χ3v) is 3.59. The number of nitrogens with two attached hydrogens (primary N) is 1. The van der Waals surface area contributed by atoms with Crippen molar-refractivity contribution in [1.82, 2.24) is 5.32 Å². The van der Waals surface area contributed by atoms with E-state index in [0.717, 1.165) is 6.42 Å². The molecule has 0 spiro atoms. The summed E-state index contributed by atoms with van der Waals surface area (Å²) in [5.41, 5.74) is 5.02. The molecule has 4 N–H and O–H groups in total. The second-order valence-electron chi connectivity index (χ2n) is 5.88. The van der Waals surface area contributed by atoms with Crippen LogP contribution < -0.4 is 11.1 Å². The lowest BCUT2D eigenvalue weighted by atomic mass is 9.97. The Bertz CT molecular complexity index is 486. The molecule has 0 fully saturated rings. The monoisotopic (exact) mass is 338 g/mol. The zero-order valence-electron chi connectivity index (χ0n) is 14.0. The standard InChI is InChI=1S/C16H26N4O4/c1-16(8-3-5-11-19-20-16)9-6-12-24-15(23)18-10-4-2-7-13(17)14(21)22/h3,5,8,11,13H,2,4,6-7,9-10,12,17H2,1H3,(H,18,23)(H,21,22)/t13-,16?/m0/s1. The molecular formula is C16H26N4O4. The van der Waals surface area contributed by atoms with Gasteiger partial charge in [-0.1, -0.05) is 12.2 Å². The lowest BCUT2D eigenvalue weighted by molar-refractivity contribution is -0.138. The van der Waals surface area contributed by atoms with Gasteiger partial charge in [-0.3, -0.25) is 4.79 Å². The number of alkyl carbamates (subject to hydrolysis) is 1. The molecule has 8 heteroatoms.